The van der Waals surface area contributed by atoms with E-state index in [1.165, 1.54) is 45.2 Å². The third-order valence-corrected chi connectivity index (χ3v) is 4.85. The van der Waals surface area contributed by atoms with Gasteiger partial charge < -0.3 is 5.73 Å². The van der Waals surface area contributed by atoms with E-state index >= 15 is 0 Å². The summed E-state index contributed by atoms with van der Waals surface area (Å²) in [5.74, 6) is 0.889. The van der Waals surface area contributed by atoms with Crippen molar-refractivity contribution in [2.45, 2.75) is 58.4 Å². The monoisotopic (exact) mass is 224 g/mol. The van der Waals surface area contributed by atoms with Crippen molar-refractivity contribution in [1.29, 1.82) is 0 Å². The van der Waals surface area contributed by atoms with Gasteiger partial charge in [0.05, 0.1) is 0 Å². The Morgan fingerprint density at radius 2 is 1.88 bits per heavy atom. The Morgan fingerprint density at radius 3 is 2.44 bits per heavy atom. The minimum atomic E-state index is 0.375. The standard InChI is InChI=1S/C14H28N2/c1-12-9-14(10-12,11-15)16-7-4-5-13(2,3)6-8-16/h12H,4-11,15H2,1-3H3. The lowest BCUT2D eigenvalue weighted by Gasteiger charge is -2.53. The molecule has 0 aromatic carbocycles. The Morgan fingerprint density at radius 1 is 1.19 bits per heavy atom. The molecular formula is C14H28N2. The molecule has 0 atom stereocenters. The van der Waals surface area contributed by atoms with Crippen LogP contribution in [0.4, 0.5) is 0 Å². The minimum Gasteiger partial charge on any atom is -0.329 e. The molecule has 2 heteroatoms. The molecule has 0 bridgehead atoms. The summed E-state index contributed by atoms with van der Waals surface area (Å²) in [6.07, 6.45) is 6.71. The second kappa shape index (κ2) is 4.30. The van der Waals surface area contributed by atoms with Gasteiger partial charge >= 0.3 is 0 Å². The summed E-state index contributed by atoms with van der Waals surface area (Å²) in [7, 11) is 0. The predicted octanol–water partition coefficient (Wildman–Crippen LogP) is 2.63. The first-order valence-corrected chi connectivity index (χ1v) is 6.93. The molecule has 0 unspecified atom stereocenters. The summed E-state index contributed by atoms with van der Waals surface area (Å²) < 4.78 is 0. The smallest absolute Gasteiger partial charge is 0.0336 e. The Bertz CT molecular complexity index is 241. The molecule has 2 nitrogen and oxygen atoms in total. The molecule has 1 heterocycles. The Balaban J connectivity index is 1.99. The van der Waals surface area contributed by atoms with Gasteiger partial charge in [-0.25, -0.2) is 0 Å². The average molecular weight is 224 g/mol. The first-order chi connectivity index (χ1) is 7.47. The van der Waals surface area contributed by atoms with Crippen LogP contribution in [-0.4, -0.2) is 30.1 Å². The largest absolute Gasteiger partial charge is 0.329 e. The van der Waals surface area contributed by atoms with Crippen LogP contribution in [-0.2, 0) is 0 Å². The molecule has 2 rings (SSSR count). The van der Waals surface area contributed by atoms with Crippen molar-refractivity contribution in [2.24, 2.45) is 17.1 Å². The number of hydrogen-bond donors (Lipinski definition) is 1. The van der Waals surface area contributed by atoms with E-state index in [0.29, 0.717) is 11.0 Å². The lowest BCUT2D eigenvalue weighted by molar-refractivity contribution is -0.0119. The zero-order chi connectivity index (χ0) is 11.8. The van der Waals surface area contributed by atoms with Crippen molar-refractivity contribution in [3.8, 4) is 0 Å². The second-order valence-electron chi connectivity index (χ2n) is 6.95. The quantitative estimate of drug-likeness (QED) is 0.781. The van der Waals surface area contributed by atoms with Gasteiger partial charge in [0.2, 0.25) is 0 Å². The zero-order valence-electron chi connectivity index (χ0n) is 11.3. The van der Waals surface area contributed by atoms with Crippen molar-refractivity contribution >= 4 is 0 Å². The topological polar surface area (TPSA) is 29.3 Å². The number of nitrogens with zero attached hydrogens (tertiary/aromatic N) is 1. The van der Waals surface area contributed by atoms with Crippen LogP contribution < -0.4 is 5.73 Å². The molecule has 1 aliphatic carbocycles. The first kappa shape index (κ1) is 12.4. The molecule has 1 saturated heterocycles. The van der Waals surface area contributed by atoms with E-state index in [4.69, 9.17) is 5.73 Å². The lowest BCUT2D eigenvalue weighted by atomic mass is 9.68. The van der Waals surface area contributed by atoms with Crippen molar-refractivity contribution in [1.82, 2.24) is 4.90 Å². The van der Waals surface area contributed by atoms with Gasteiger partial charge in [0.1, 0.15) is 0 Å². The fraction of sp³-hybridized carbons (Fsp3) is 1.00. The molecular weight excluding hydrogens is 196 g/mol. The Kier molecular flexibility index (Phi) is 3.33. The van der Waals surface area contributed by atoms with Gasteiger partial charge in [-0.15, -0.1) is 0 Å². The van der Waals surface area contributed by atoms with Crippen LogP contribution in [0.5, 0.6) is 0 Å². The Hall–Kier alpha value is -0.0800. The van der Waals surface area contributed by atoms with E-state index in [9.17, 15) is 0 Å². The maximum Gasteiger partial charge on any atom is 0.0336 e. The van der Waals surface area contributed by atoms with Gasteiger partial charge in [0, 0.05) is 12.1 Å². The molecule has 94 valence electrons. The molecule has 1 saturated carbocycles. The highest BCUT2D eigenvalue weighted by molar-refractivity contribution is 5.02. The molecule has 16 heavy (non-hydrogen) atoms. The van der Waals surface area contributed by atoms with E-state index in [1.54, 1.807) is 0 Å². The highest BCUT2D eigenvalue weighted by Crippen LogP contribution is 2.43. The minimum absolute atomic E-state index is 0.375. The van der Waals surface area contributed by atoms with Gasteiger partial charge in [0.25, 0.3) is 0 Å². The van der Waals surface area contributed by atoms with Gasteiger partial charge in [-0.2, -0.15) is 0 Å². The van der Waals surface area contributed by atoms with Crippen LogP contribution in [0.25, 0.3) is 0 Å². The number of hydrogen-bond acceptors (Lipinski definition) is 2. The molecule has 0 radical (unpaired) electrons. The molecule has 2 fully saturated rings. The Labute approximate surface area is 101 Å². The SMILES string of the molecule is CC1CC(CN)(N2CCCC(C)(C)CC2)C1. The van der Waals surface area contributed by atoms with Crippen LogP contribution in [0.3, 0.4) is 0 Å². The molecule has 0 aromatic rings. The molecule has 0 spiro atoms. The number of rotatable bonds is 2. The van der Waals surface area contributed by atoms with E-state index in [0.717, 1.165) is 12.5 Å². The van der Waals surface area contributed by atoms with Crippen molar-refractivity contribution in [2.75, 3.05) is 19.6 Å². The van der Waals surface area contributed by atoms with Gasteiger partial charge in [-0.05, 0) is 56.5 Å². The summed E-state index contributed by atoms with van der Waals surface area (Å²) in [6.45, 7) is 10.6. The fourth-order valence-corrected chi connectivity index (χ4v) is 3.69. The maximum absolute atomic E-state index is 6.04. The summed E-state index contributed by atoms with van der Waals surface area (Å²) in [5.41, 5.74) is 6.96. The van der Waals surface area contributed by atoms with Crippen molar-refractivity contribution in [3.63, 3.8) is 0 Å². The highest BCUT2D eigenvalue weighted by Gasteiger charge is 2.46. The first-order valence-electron chi connectivity index (χ1n) is 6.93. The average Bonchev–Trinajstić information content (AvgIpc) is 2.34. The van der Waals surface area contributed by atoms with Crippen LogP contribution >= 0.6 is 0 Å². The van der Waals surface area contributed by atoms with Crippen LogP contribution in [0.15, 0.2) is 0 Å². The van der Waals surface area contributed by atoms with Gasteiger partial charge in [0.15, 0.2) is 0 Å². The third-order valence-electron chi connectivity index (χ3n) is 4.85. The van der Waals surface area contributed by atoms with Crippen molar-refractivity contribution < 1.29 is 0 Å². The molecule has 1 aliphatic heterocycles. The van der Waals surface area contributed by atoms with Gasteiger partial charge in [-0.1, -0.05) is 20.8 Å². The molecule has 2 N–H and O–H groups in total. The second-order valence-corrected chi connectivity index (χ2v) is 6.95. The predicted molar refractivity (Wildman–Crippen MR) is 69.4 cm³/mol. The summed E-state index contributed by atoms with van der Waals surface area (Å²) in [4.78, 5) is 2.71. The normalized spacial score (nSPS) is 40.1. The van der Waals surface area contributed by atoms with Crippen LogP contribution in [0, 0.1) is 11.3 Å². The zero-order valence-corrected chi connectivity index (χ0v) is 11.3. The maximum atomic E-state index is 6.04. The van der Waals surface area contributed by atoms with Crippen molar-refractivity contribution in [3.05, 3.63) is 0 Å². The molecule has 2 aliphatic rings. The van der Waals surface area contributed by atoms with Crippen LogP contribution in [0.1, 0.15) is 52.9 Å². The van der Waals surface area contributed by atoms with Crippen LogP contribution in [0.2, 0.25) is 0 Å². The summed E-state index contributed by atoms with van der Waals surface area (Å²) >= 11 is 0. The number of likely N-dealkylation sites (tertiary alicyclic amines) is 1. The number of nitrogens with two attached hydrogens (primary N) is 1. The fourth-order valence-electron chi connectivity index (χ4n) is 3.69. The van der Waals surface area contributed by atoms with E-state index in [2.05, 4.69) is 25.7 Å². The van der Waals surface area contributed by atoms with E-state index < -0.39 is 0 Å². The highest BCUT2D eigenvalue weighted by atomic mass is 15.2. The van der Waals surface area contributed by atoms with E-state index in [1.807, 2.05) is 0 Å². The summed E-state index contributed by atoms with van der Waals surface area (Å²) in [6, 6.07) is 0. The van der Waals surface area contributed by atoms with E-state index in [-0.39, 0.29) is 0 Å². The molecule has 0 amide bonds. The molecule has 0 aromatic heterocycles. The van der Waals surface area contributed by atoms with Gasteiger partial charge in [-0.3, -0.25) is 4.90 Å². The summed E-state index contributed by atoms with van der Waals surface area (Å²) in [5, 5.41) is 0. The third kappa shape index (κ3) is 2.28. The lowest BCUT2D eigenvalue weighted by Crippen LogP contribution is -2.61.